The fourth-order valence-corrected chi connectivity index (χ4v) is 7.99. The summed E-state index contributed by atoms with van der Waals surface area (Å²) in [5.74, 6) is -1.05. The second-order valence-corrected chi connectivity index (χ2v) is 11.1. The average Bonchev–Trinajstić information content (AvgIpc) is 2.81. The van der Waals surface area contributed by atoms with Crippen LogP contribution in [-0.2, 0) is 26.1 Å². The van der Waals surface area contributed by atoms with Crippen molar-refractivity contribution in [3.05, 3.63) is 41.5 Å². The number of carboxylic acid groups (broad SMARTS) is 1. The number of ether oxygens (including phenoxy) is 2. The van der Waals surface area contributed by atoms with E-state index < -0.39 is 41.2 Å². The van der Waals surface area contributed by atoms with Crippen molar-refractivity contribution >= 4 is 17.7 Å². The molecule has 4 aliphatic rings. The summed E-state index contributed by atoms with van der Waals surface area (Å²) in [5, 5.41) is 50.3. The Hall–Kier alpha value is -1.66. The van der Waals surface area contributed by atoms with E-state index in [1.54, 1.807) is 13.2 Å². The molecular weight excluding hydrogens is 462 g/mol. The lowest BCUT2D eigenvalue weighted by Gasteiger charge is -2.60. The molecule has 10 heteroatoms. The Kier molecular flexibility index (Phi) is 6.21. The van der Waals surface area contributed by atoms with Gasteiger partial charge in [-0.3, -0.25) is 0 Å². The van der Waals surface area contributed by atoms with Crippen LogP contribution in [0.3, 0.4) is 0 Å². The number of methoxy groups -OCH3 is 1. The van der Waals surface area contributed by atoms with Gasteiger partial charge in [0.15, 0.2) is 6.10 Å². The van der Waals surface area contributed by atoms with Crippen molar-refractivity contribution in [3.8, 4) is 5.75 Å². The van der Waals surface area contributed by atoms with Crippen molar-refractivity contribution < 1.29 is 39.8 Å². The summed E-state index contributed by atoms with van der Waals surface area (Å²) in [6.07, 6.45) is -0.976. The lowest BCUT2D eigenvalue weighted by Crippen LogP contribution is -2.66. The quantitative estimate of drug-likeness (QED) is 0.367. The Morgan fingerprint density at radius 1 is 1.21 bits per heavy atom. The summed E-state index contributed by atoms with van der Waals surface area (Å²) in [7, 11) is 3.77. The third kappa shape index (κ3) is 3.50. The maximum atomic E-state index is 11.6. The summed E-state index contributed by atoms with van der Waals surface area (Å²) in [6, 6.07) is 5.80. The third-order valence-corrected chi connectivity index (χ3v) is 9.53. The van der Waals surface area contributed by atoms with Crippen molar-refractivity contribution in [2.24, 2.45) is 5.92 Å². The fraction of sp³-hybridized carbons (Fsp3) is 0.625. The highest BCUT2D eigenvalue weighted by Gasteiger charge is 2.60. The number of carboxylic acids is 1. The SMILES string of the molecule is COC1[C@H](SC2OC(C(=O)O)C(O)C(O)C2O)C=C[C@H]2[C@H]3Cc4ccc(O)cc4[C@@]12CCN3C. The predicted molar refractivity (Wildman–Crippen MR) is 124 cm³/mol. The first-order valence-corrected chi connectivity index (χ1v) is 12.4. The van der Waals surface area contributed by atoms with Crippen LogP contribution >= 0.6 is 11.8 Å². The van der Waals surface area contributed by atoms with Crippen LogP contribution in [-0.4, -0.2) is 104 Å². The molecular formula is C24H31NO8S. The molecule has 0 aromatic heterocycles. The summed E-state index contributed by atoms with van der Waals surface area (Å²) in [6.45, 7) is 0.857. The van der Waals surface area contributed by atoms with Crippen LogP contribution in [0.25, 0.3) is 0 Å². The Labute approximate surface area is 202 Å². The second-order valence-electron chi connectivity index (χ2n) is 9.79. The zero-order valence-corrected chi connectivity index (χ0v) is 19.8. The standard InChI is InChI=1S/C24H31NO8S/c1-25-8-7-24-13(15(25)9-11-3-4-12(26)10-14(11)24)5-6-16(21(24)32-2)34-23-19(29)17(27)18(28)20(33-23)22(30)31/h3-6,10,13,15-21,23,26-29H,7-9H2,1-2H3,(H,30,31)/t13-,15+,16+,17?,18?,19?,20?,21?,23?,24-/m0/s1. The van der Waals surface area contributed by atoms with Gasteiger partial charge in [-0.1, -0.05) is 18.2 Å². The molecule has 0 spiro atoms. The molecule has 2 saturated heterocycles. The van der Waals surface area contributed by atoms with Gasteiger partial charge in [0.2, 0.25) is 0 Å². The van der Waals surface area contributed by atoms with Gasteiger partial charge in [-0.25, -0.2) is 4.79 Å². The fourth-order valence-electron chi connectivity index (χ4n) is 6.50. The highest BCUT2D eigenvalue weighted by atomic mass is 32.2. The van der Waals surface area contributed by atoms with E-state index >= 15 is 0 Å². The number of hydrogen-bond donors (Lipinski definition) is 5. The van der Waals surface area contributed by atoms with Gasteiger partial charge in [0, 0.05) is 24.5 Å². The molecule has 2 bridgehead atoms. The molecule has 34 heavy (non-hydrogen) atoms. The first-order chi connectivity index (χ1) is 16.2. The van der Waals surface area contributed by atoms with Crippen molar-refractivity contribution in [3.63, 3.8) is 0 Å². The number of nitrogens with zero attached hydrogens (tertiary/aromatic N) is 1. The Morgan fingerprint density at radius 3 is 2.68 bits per heavy atom. The Bertz CT molecular complexity index is 990. The van der Waals surface area contributed by atoms with Crippen LogP contribution < -0.4 is 0 Å². The van der Waals surface area contributed by atoms with Crippen LogP contribution in [0, 0.1) is 5.92 Å². The van der Waals surface area contributed by atoms with E-state index in [0.29, 0.717) is 0 Å². The third-order valence-electron chi connectivity index (χ3n) is 8.15. The molecule has 1 aromatic carbocycles. The molecule has 2 heterocycles. The minimum Gasteiger partial charge on any atom is -0.508 e. The molecule has 2 fully saturated rings. The first-order valence-electron chi connectivity index (χ1n) is 11.5. The van der Waals surface area contributed by atoms with Crippen LogP contribution in [0.5, 0.6) is 5.75 Å². The predicted octanol–water partition coefficient (Wildman–Crippen LogP) is 0.0852. The van der Waals surface area contributed by atoms with Crippen LogP contribution in [0.4, 0.5) is 0 Å². The van der Waals surface area contributed by atoms with Crippen molar-refractivity contribution in [1.29, 1.82) is 0 Å². The van der Waals surface area contributed by atoms with Gasteiger partial charge in [0.05, 0.1) is 11.4 Å². The van der Waals surface area contributed by atoms with E-state index in [2.05, 4.69) is 18.0 Å². The largest absolute Gasteiger partial charge is 0.508 e. The van der Waals surface area contributed by atoms with Crippen molar-refractivity contribution in [2.75, 3.05) is 20.7 Å². The summed E-state index contributed by atoms with van der Waals surface area (Å²) in [5.41, 5.74) is 0.737. The topological polar surface area (TPSA) is 140 Å². The van der Waals surface area contributed by atoms with E-state index in [4.69, 9.17) is 9.47 Å². The number of phenolic OH excluding ortho intramolecular Hbond substituents is 1. The normalized spacial score (nSPS) is 43.7. The molecule has 6 unspecified atom stereocenters. The summed E-state index contributed by atoms with van der Waals surface area (Å²) < 4.78 is 11.7. The minimum absolute atomic E-state index is 0.152. The number of fused-ring (bicyclic) bond motifs is 1. The molecule has 0 radical (unpaired) electrons. The van der Waals surface area contributed by atoms with Gasteiger partial charge in [-0.05, 0) is 49.7 Å². The number of thioether (sulfide) groups is 1. The molecule has 2 aliphatic carbocycles. The van der Waals surface area contributed by atoms with Crippen molar-refractivity contribution in [2.45, 2.75) is 65.5 Å². The lowest BCUT2D eigenvalue weighted by molar-refractivity contribution is -0.209. The number of carbonyl (C=O) groups is 1. The van der Waals surface area contributed by atoms with Crippen LogP contribution in [0.1, 0.15) is 17.5 Å². The highest BCUT2D eigenvalue weighted by Crippen LogP contribution is 2.56. The second kappa shape index (κ2) is 8.77. The number of likely N-dealkylation sites (tertiary alicyclic amines) is 1. The number of phenols is 1. The number of aliphatic hydroxyl groups is 3. The monoisotopic (exact) mass is 493 g/mol. The average molecular weight is 494 g/mol. The molecule has 0 amide bonds. The zero-order chi connectivity index (χ0) is 24.4. The van der Waals surface area contributed by atoms with Crippen LogP contribution in [0.15, 0.2) is 30.4 Å². The number of aliphatic hydroxyl groups excluding tert-OH is 3. The van der Waals surface area contributed by atoms with Gasteiger partial charge in [-0.2, -0.15) is 0 Å². The molecule has 5 N–H and O–H groups in total. The van der Waals surface area contributed by atoms with Crippen LogP contribution in [0.2, 0.25) is 0 Å². The lowest BCUT2D eigenvalue weighted by atomic mass is 9.53. The number of hydrogen-bond acceptors (Lipinski definition) is 9. The highest BCUT2D eigenvalue weighted by molar-refractivity contribution is 8.00. The number of aliphatic carboxylic acids is 1. The van der Waals surface area contributed by atoms with Gasteiger partial charge >= 0.3 is 5.97 Å². The van der Waals surface area contributed by atoms with Gasteiger partial charge < -0.3 is 39.9 Å². The van der Waals surface area contributed by atoms with Gasteiger partial charge in [-0.15, -0.1) is 11.8 Å². The van der Waals surface area contributed by atoms with Crippen molar-refractivity contribution in [1.82, 2.24) is 4.90 Å². The van der Waals surface area contributed by atoms with E-state index in [1.165, 1.54) is 17.3 Å². The molecule has 1 aromatic rings. The Balaban J connectivity index is 1.53. The number of likely N-dealkylation sites (N-methyl/N-ethyl adjacent to an activating group) is 1. The van der Waals surface area contributed by atoms with Gasteiger partial charge in [0.25, 0.3) is 0 Å². The Morgan fingerprint density at radius 2 is 1.97 bits per heavy atom. The van der Waals surface area contributed by atoms with E-state index in [9.17, 15) is 30.3 Å². The maximum absolute atomic E-state index is 11.6. The first kappa shape index (κ1) is 24.1. The zero-order valence-electron chi connectivity index (χ0n) is 19.0. The number of aromatic hydroxyl groups is 1. The molecule has 0 saturated carbocycles. The van der Waals surface area contributed by atoms with Gasteiger partial charge in [0.1, 0.15) is 29.5 Å². The number of piperidine rings is 1. The molecule has 10 atom stereocenters. The molecule has 5 rings (SSSR count). The number of rotatable bonds is 4. The molecule has 186 valence electrons. The van der Waals surface area contributed by atoms with E-state index in [1.807, 2.05) is 18.2 Å². The van der Waals surface area contributed by atoms with E-state index in [0.717, 1.165) is 24.9 Å². The molecule has 2 aliphatic heterocycles. The summed E-state index contributed by atoms with van der Waals surface area (Å²) >= 11 is 1.19. The van der Waals surface area contributed by atoms with E-state index in [-0.39, 0.29) is 29.1 Å². The number of benzene rings is 1. The minimum atomic E-state index is -1.73. The maximum Gasteiger partial charge on any atom is 0.335 e. The summed E-state index contributed by atoms with van der Waals surface area (Å²) in [4.78, 5) is 13.9. The smallest absolute Gasteiger partial charge is 0.335 e. The molecule has 9 nitrogen and oxygen atoms in total.